The summed E-state index contributed by atoms with van der Waals surface area (Å²) in [5.41, 5.74) is 0.782. The van der Waals surface area contributed by atoms with Crippen LogP contribution in [-0.2, 0) is 14.4 Å². The number of carbonyl (C=O) groups is 3. The van der Waals surface area contributed by atoms with Crippen molar-refractivity contribution in [3.63, 3.8) is 0 Å². The molecule has 30 heavy (non-hydrogen) atoms. The van der Waals surface area contributed by atoms with Gasteiger partial charge in [0.1, 0.15) is 17.7 Å². The monoisotopic (exact) mass is 422 g/mol. The van der Waals surface area contributed by atoms with Crippen LogP contribution in [0.1, 0.15) is 19.8 Å². The molecule has 0 unspecified atom stereocenters. The number of anilines is 2. The Morgan fingerprint density at radius 3 is 2.67 bits per heavy atom. The highest BCUT2D eigenvalue weighted by Gasteiger charge is 2.33. The zero-order chi connectivity index (χ0) is 21.8. The van der Waals surface area contributed by atoms with Crippen molar-refractivity contribution in [2.75, 3.05) is 56.7 Å². The Morgan fingerprint density at radius 2 is 2.00 bits per heavy atom. The Labute approximate surface area is 174 Å². The maximum absolute atomic E-state index is 14.9. The van der Waals surface area contributed by atoms with Gasteiger partial charge >= 0.3 is 12.1 Å². The molecule has 0 spiro atoms. The van der Waals surface area contributed by atoms with Gasteiger partial charge in [0, 0.05) is 33.6 Å². The molecule has 3 rings (SSSR count). The number of ether oxygens (including phenoxy) is 1. The van der Waals surface area contributed by atoms with Crippen LogP contribution in [0.15, 0.2) is 18.2 Å². The van der Waals surface area contributed by atoms with Crippen molar-refractivity contribution in [3.8, 4) is 0 Å². The van der Waals surface area contributed by atoms with Gasteiger partial charge in [0.15, 0.2) is 0 Å². The van der Waals surface area contributed by atoms with E-state index < -0.39 is 11.9 Å². The zero-order valence-corrected chi connectivity index (χ0v) is 17.5. The molecule has 0 bridgehead atoms. The average molecular weight is 422 g/mol. The van der Waals surface area contributed by atoms with E-state index in [1.165, 1.54) is 27.9 Å². The summed E-state index contributed by atoms with van der Waals surface area (Å²) in [5, 5.41) is 1.27. The summed E-state index contributed by atoms with van der Waals surface area (Å²) < 4.78 is 20.2. The fourth-order valence-corrected chi connectivity index (χ4v) is 3.43. The molecule has 164 valence electrons. The highest BCUT2D eigenvalue weighted by atomic mass is 19.1. The van der Waals surface area contributed by atoms with E-state index in [1.54, 1.807) is 31.1 Å². The fourth-order valence-electron chi connectivity index (χ4n) is 3.43. The van der Waals surface area contributed by atoms with Crippen LogP contribution in [0.2, 0.25) is 0 Å². The minimum Gasteiger partial charge on any atom is -0.444 e. The van der Waals surface area contributed by atoms with Gasteiger partial charge in [0.2, 0.25) is 0 Å². The Morgan fingerprint density at radius 1 is 1.23 bits per heavy atom. The summed E-state index contributed by atoms with van der Waals surface area (Å²) in [6.07, 6.45) is -0.138. The van der Waals surface area contributed by atoms with E-state index in [0.717, 1.165) is 0 Å². The second-order valence-electron chi connectivity index (χ2n) is 7.59. The smallest absolute Gasteiger partial charge is 0.414 e. The highest BCUT2D eigenvalue weighted by Crippen LogP contribution is 2.29. The van der Waals surface area contributed by atoms with Crippen LogP contribution in [0.3, 0.4) is 0 Å². The summed E-state index contributed by atoms with van der Waals surface area (Å²) in [6.45, 7) is 3.16. The van der Waals surface area contributed by atoms with E-state index in [9.17, 15) is 18.8 Å². The molecule has 0 radical (unpaired) electrons. The number of amides is 3. The minimum absolute atomic E-state index is 0.0344. The first-order chi connectivity index (χ1) is 14.3. The summed E-state index contributed by atoms with van der Waals surface area (Å²) >= 11 is 0. The molecule has 0 aromatic heterocycles. The molecule has 0 N–H and O–H groups in total. The lowest BCUT2D eigenvalue weighted by molar-refractivity contribution is -0.117. The number of cyclic esters (lactones) is 1. The first kappa shape index (κ1) is 21.8. The fraction of sp³-hybridized carbons (Fsp3) is 0.550. The van der Waals surface area contributed by atoms with Gasteiger partial charge in [-0.05, 0) is 31.5 Å². The third kappa shape index (κ3) is 4.99. The second-order valence-corrected chi connectivity index (χ2v) is 7.59. The number of urea groups is 1. The first-order valence-corrected chi connectivity index (χ1v) is 9.90. The normalized spacial score (nSPS) is 19.5. The third-order valence-electron chi connectivity index (χ3n) is 5.05. The maximum atomic E-state index is 14.9. The van der Waals surface area contributed by atoms with Gasteiger partial charge in [-0.3, -0.25) is 9.74 Å². The molecular weight excluding hydrogens is 395 g/mol. The number of halogens is 1. The van der Waals surface area contributed by atoms with Gasteiger partial charge in [-0.15, -0.1) is 0 Å². The van der Waals surface area contributed by atoms with Crippen LogP contribution < -0.4 is 9.80 Å². The molecule has 2 aliphatic heterocycles. The lowest BCUT2D eigenvalue weighted by atomic mass is 10.1. The minimum atomic E-state index is -0.545. The van der Waals surface area contributed by atoms with Gasteiger partial charge in [0.05, 0.1) is 31.1 Å². The zero-order valence-electron chi connectivity index (χ0n) is 17.5. The molecule has 2 heterocycles. The van der Waals surface area contributed by atoms with Gasteiger partial charge in [-0.25, -0.2) is 19.0 Å². The van der Waals surface area contributed by atoms with Crippen LogP contribution in [0.5, 0.6) is 0 Å². The summed E-state index contributed by atoms with van der Waals surface area (Å²) in [5.74, 6) is -0.438. The van der Waals surface area contributed by atoms with Crippen molar-refractivity contribution in [1.82, 2.24) is 9.96 Å². The van der Waals surface area contributed by atoms with E-state index >= 15 is 0 Å². The molecule has 0 aliphatic carbocycles. The van der Waals surface area contributed by atoms with Gasteiger partial charge in [0.25, 0.3) is 0 Å². The number of ketones is 1. The predicted octanol–water partition coefficient (Wildman–Crippen LogP) is 2.26. The lowest BCUT2D eigenvalue weighted by Crippen LogP contribution is -2.40. The van der Waals surface area contributed by atoms with Crippen molar-refractivity contribution >= 4 is 29.3 Å². The third-order valence-corrected chi connectivity index (χ3v) is 5.05. The summed E-state index contributed by atoms with van der Waals surface area (Å²) in [4.78, 5) is 45.4. The summed E-state index contributed by atoms with van der Waals surface area (Å²) in [7, 11) is 3.28. The topological polar surface area (TPSA) is 82.6 Å². The molecule has 1 atom stereocenters. The number of hydrogen-bond donors (Lipinski definition) is 0. The average Bonchev–Trinajstić information content (AvgIpc) is 2.91. The van der Waals surface area contributed by atoms with E-state index in [1.807, 2.05) is 0 Å². The van der Waals surface area contributed by atoms with Crippen molar-refractivity contribution in [2.24, 2.45) is 0 Å². The van der Waals surface area contributed by atoms with Crippen LogP contribution in [-0.4, -0.2) is 80.9 Å². The molecule has 2 aliphatic rings. The summed E-state index contributed by atoms with van der Waals surface area (Å²) in [6, 6.07) is 4.32. The molecule has 2 fully saturated rings. The standard InChI is InChI=1S/C20H27FN4O5/c1-14(26)4-6-16-13-24(20(28)30-16)15-5-7-18(17(21)12-15)23-8-9-25(29-11-10-23)19(27)22(2)3/h5,7,12,16H,4,6,8-11,13H2,1-3H3/t16-/m0/s1. The molecule has 3 amide bonds. The van der Waals surface area contributed by atoms with E-state index in [2.05, 4.69) is 0 Å². The van der Waals surface area contributed by atoms with Crippen molar-refractivity contribution in [3.05, 3.63) is 24.0 Å². The van der Waals surface area contributed by atoms with Crippen molar-refractivity contribution in [1.29, 1.82) is 0 Å². The number of rotatable bonds is 5. The predicted molar refractivity (Wildman–Crippen MR) is 108 cm³/mol. The molecule has 2 saturated heterocycles. The number of benzene rings is 1. The van der Waals surface area contributed by atoms with Gasteiger partial charge in [-0.1, -0.05) is 0 Å². The number of hydrogen-bond acceptors (Lipinski definition) is 6. The van der Waals surface area contributed by atoms with Crippen LogP contribution in [0, 0.1) is 5.82 Å². The van der Waals surface area contributed by atoms with E-state index in [-0.39, 0.29) is 31.1 Å². The Bertz CT molecular complexity index is 818. The molecular formula is C20H27FN4O5. The second kappa shape index (κ2) is 9.29. The number of Topliss-reactive ketones (excluding diaryl/α,β-unsaturated/α-hetero) is 1. The molecule has 0 saturated carbocycles. The molecule has 1 aromatic rings. The maximum Gasteiger partial charge on any atom is 0.414 e. The van der Waals surface area contributed by atoms with Gasteiger partial charge < -0.3 is 19.3 Å². The van der Waals surface area contributed by atoms with E-state index in [0.29, 0.717) is 43.9 Å². The van der Waals surface area contributed by atoms with Crippen LogP contribution in [0.25, 0.3) is 0 Å². The van der Waals surface area contributed by atoms with E-state index in [4.69, 9.17) is 9.57 Å². The number of carbonyl (C=O) groups excluding carboxylic acids is 3. The lowest BCUT2D eigenvalue weighted by Gasteiger charge is -2.24. The van der Waals surface area contributed by atoms with Crippen molar-refractivity contribution in [2.45, 2.75) is 25.9 Å². The Kier molecular flexibility index (Phi) is 6.76. The molecule has 10 heteroatoms. The Hall–Kier alpha value is -2.88. The first-order valence-electron chi connectivity index (χ1n) is 9.90. The SMILES string of the molecule is CC(=O)CC[C@H]1CN(c2ccc(N3CCON(C(=O)N(C)C)CC3)c(F)c2)C(=O)O1. The Balaban J connectivity index is 1.66. The van der Waals surface area contributed by atoms with Crippen molar-refractivity contribution < 1.29 is 28.3 Å². The molecule has 9 nitrogen and oxygen atoms in total. The van der Waals surface area contributed by atoms with Crippen LogP contribution >= 0.6 is 0 Å². The quantitative estimate of drug-likeness (QED) is 0.724. The van der Waals surface area contributed by atoms with Crippen LogP contribution in [0.4, 0.5) is 25.4 Å². The van der Waals surface area contributed by atoms with Gasteiger partial charge in [-0.2, -0.15) is 0 Å². The number of nitrogens with zero attached hydrogens (tertiary/aromatic N) is 4. The highest BCUT2D eigenvalue weighted by molar-refractivity contribution is 5.90. The molecule has 1 aromatic carbocycles. The largest absolute Gasteiger partial charge is 0.444 e. The number of hydroxylamine groups is 2.